The molecule has 0 spiro atoms. The van der Waals surface area contributed by atoms with Gasteiger partial charge in [-0.05, 0) is 42.7 Å². The summed E-state index contributed by atoms with van der Waals surface area (Å²) in [6.45, 7) is 2.68. The van der Waals surface area contributed by atoms with Crippen LogP contribution in [-0.4, -0.2) is 36.9 Å². The first-order valence-electron chi connectivity index (χ1n) is 9.04. The van der Waals surface area contributed by atoms with Crippen molar-refractivity contribution in [1.29, 1.82) is 0 Å². The Balaban J connectivity index is 1.49. The smallest absolute Gasteiger partial charge is 0.233 e. The van der Waals surface area contributed by atoms with Crippen molar-refractivity contribution >= 4 is 23.2 Å². The van der Waals surface area contributed by atoms with Crippen LogP contribution in [0, 0.1) is 0 Å². The summed E-state index contributed by atoms with van der Waals surface area (Å²) in [5.74, 6) is -0.483. The molecule has 2 aromatic rings. The normalized spacial score (nSPS) is 13.5. The lowest BCUT2D eigenvalue weighted by Crippen LogP contribution is -2.30. The van der Waals surface area contributed by atoms with Gasteiger partial charge in [0.1, 0.15) is 6.42 Å². The summed E-state index contributed by atoms with van der Waals surface area (Å²) < 4.78 is 0. The van der Waals surface area contributed by atoms with Crippen LogP contribution in [-0.2, 0) is 16.1 Å². The van der Waals surface area contributed by atoms with E-state index in [-0.39, 0.29) is 18.2 Å². The van der Waals surface area contributed by atoms with Crippen LogP contribution < -0.4 is 10.2 Å². The van der Waals surface area contributed by atoms with Gasteiger partial charge in [0.15, 0.2) is 0 Å². The summed E-state index contributed by atoms with van der Waals surface area (Å²) in [4.78, 5) is 28.3. The molecule has 1 heterocycles. The van der Waals surface area contributed by atoms with Gasteiger partial charge in [0.2, 0.25) is 11.8 Å². The summed E-state index contributed by atoms with van der Waals surface area (Å²) in [6.07, 6.45) is 2.31. The van der Waals surface area contributed by atoms with E-state index in [0.29, 0.717) is 6.54 Å². The van der Waals surface area contributed by atoms with E-state index in [9.17, 15) is 9.59 Å². The number of rotatable bonds is 6. The Kier molecular flexibility index (Phi) is 5.89. The van der Waals surface area contributed by atoms with Gasteiger partial charge in [-0.3, -0.25) is 9.59 Å². The van der Waals surface area contributed by atoms with Gasteiger partial charge in [-0.25, -0.2) is 0 Å². The topological polar surface area (TPSA) is 52.7 Å². The zero-order chi connectivity index (χ0) is 18.4. The number of hydrogen-bond acceptors (Lipinski definition) is 3. The van der Waals surface area contributed by atoms with Crippen molar-refractivity contribution < 1.29 is 9.59 Å². The molecule has 1 N–H and O–H groups in total. The minimum absolute atomic E-state index is 0.156. The number of amides is 2. The standard InChI is InChI=1S/C21H25N3O2/c1-23(16-17-7-3-2-4-8-17)21(26)15-20(25)22-18-9-11-19(12-10-18)24-13-5-6-14-24/h2-4,7-12H,5-6,13-16H2,1H3,(H,22,25). The molecule has 136 valence electrons. The number of nitrogens with one attached hydrogen (secondary N) is 1. The van der Waals surface area contributed by atoms with Crippen molar-refractivity contribution in [2.75, 3.05) is 30.4 Å². The highest BCUT2D eigenvalue weighted by Crippen LogP contribution is 2.22. The first-order chi connectivity index (χ1) is 12.6. The molecule has 0 aliphatic carbocycles. The monoisotopic (exact) mass is 351 g/mol. The molecule has 1 aliphatic rings. The molecule has 0 bridgehead atoms. The van der Waals surface area contributed by atoms with Crippen molar-refractivity contribution in [1.82, 2.24) is 4.90 Å². The third-order valence-corrected chi connectivity index (χ3v) is 4.62. The highest BCUT2D eigenvalue weighted by Gasteiger charge is 2.15. The summed E-state index contributed by atoms with van der Waals surface area (Å²) in [5.41, 5.74) is 2.94. The van der Waals surface area contributed by atoms with Crippen molar-refractivity contribution in [2.45, 2.75) is 25.8 Å². The van der Waals surface area contributed by atoms with Crippen LogP contribution in [0.1, 0.15) is 24.8 Å². The molecule has 2 aromatic carbocycles. The molecule has 0 atom stereocenters. The molecular weight excluding hydrogens is 326 g/mol. The number of hydrogen-bond donors (Lipinski definition) is 1. The van der Waals surface area contributed by atoms with Crippen LogP contribution >= 0.6 is 0 Å². The Hall–Kier alpha value is -2.82. The van der Waals surface area contributed by atoms with Gasteiger partial charge in [0.05, 0.1) is 0 Å². The summed E-state index contributed by atoms with van der Waals surface area (Å²) >= 11 is 0. The van der Waals surface area contributed by atoms with Gasteiger partial charge in [-0.1, -0.05) is 30.3 Å². The fraction of sp³-hybridized carbons (Fsp3) is 0.333. The predicted molar refractivity (Wildman–Crippen MR) is 104 cm³/mol. The van der Waals surface area contributed by atoms with Crippen LogP contribution in [0.15, 0.2) is 54.6 Å². The third-order valence-electron chi connectivity index (χ3n) is 4.62. The Bertz CT molecular complexity index is 738. The molecule has 5 heteroatoms. The van der Waals surface area contributed by atoms with E-state index in [1.165, 1.54) is 18.5 Å². The van der Waals surface area contributed by atoms with Gasteiger partial charge < -0.3 is 15.1 Å². The largest absolute Gasteiger partial charge is 0.372 e. The quantitative estimate of drug-likeness (QED) is 0.813. The van der Waals surface area contributed by atoms with E-state index in [1.807, 2.05) is 54.6 Å². The summed E-state index contributed by atoms with van der Waals surface area (Å²) in [5, 5.41) is 2.80. The summed E-state index contributed by atoms with van der Waals surface area (Å²) in [6, 6.07) is 17.6. The van der Waals surface area contributed by atoms with Crippen molar-refractivity contribution in [3.8, 4) is 0 Å². The van der Waals surface area contributed by atoms with Crippen molar-refractivity contribution in [3.05, 3.63) is 60.2 Å². The third kappa shape index (κ3) is 4.85. The molecule has 5 nitrogen and oxygen atoms in total. The zero-order valence-corrected chi connectivity index (χ0v) is 15.1. The molecule has 0 unspecified atom stereocenters. The van der Waals surface area contributed by atoms with Gasteiger partial charge in [0, 0.05) is 38.1 Å². The number of carbonyl (C=O) groups is 2. The lowest BCUT2D eigenvalue weighted by atomic mass is 10.2. The van der Waals surface area contributed by atoms with E-state index >= 15 is 0 Å². The molecule has 0 saturated carbocycles. The fourth-order valence-corrected chi connectivity index (χ4v) is 3.15. The molecular formula is C21H25N3O2. The van der Waals surface area contributed by atoms with Gasteiger partial charge >= 0.3 is 0 Å². The maximum absolute atomic E-state index is 12.2. The van der Waals surface area contributed by atoms with Gasteiger partial charge in [-0.15, -0.1) is 0 Å². The number of carbonyl (C=O) groups excluding carboxylic acids is 2. The average Bonchev–Trinajstić information content (AvgIpc) is 3.17. The Morgan fingerprint density at radius 2 is 1.65 bits per heavy atom. The van der Waals surface area contributed by atoms with Crippen molar-refractivity contribution in [3.63, 3.8) is 0 Å². The van der Waals surface area contributed by atoms with Gasteiger partial charge in [0.25, 0.3) is 0 Å². The Morgan fingerprint density at radius 3 is 2.31 bits per heavy atom. The van der Waals surface area contributed by atoms with Crippen LogP contribution in [0.3, 0.4) is 0 Å². The van der Waals surface area contributed by atoms with E-state index < -0.39 is 0 Å². The van der Waals surface area contributed by atoms with E-state index in [4.69, 9.17) is 0 Å². The predicted octanol–water partition coefficient (Wildman–Crippen LogP) is 3.27. The Labute approximate surface area is 154 Å². The minimum atomic E-state index is -0.288. The number of anilines is 2. The molecule has 0 radical (unpaired) electrons. The second-order valence-corrected chi connectivity index (χ2v) is 6.70. The van der Waals surface area contributed by atoms with Gasteiger partial charge in [-0.2, -0.15) is 0 Å². The van der Waals surface area contributed by atoms with E-state index in [2.05, 4.69) is 10.2 Å². The molecule has 3 rings (SSSR count). The maximum atomic E-state index is 12.2. The lowest BCUT2D eigenvalue weighted by molar-refractivity contribution is -0.133. The molecule has 1 aliphatic heterocycles. The van der Waals surface area contributed by atoms with Crippen LogP contribution in [0.4, 0.5) is 11.4 Å². The average molecular weight is 351 g/mol. The van der Waals surface area contributed by atoms with Crippen molar-refractivity contribution in [2.24, 2.45) is 0 Å². The number of benzene rings is 2. The molecule has 2 amide bonds. The second-order valence-electron chi connectivity index (χ2n) is 6.70. The molecule has 26 heavy (non-hydrogen) atoms. The highest BCUT2D eigenvalue weighted by molar-refractivity contribution is 6.03. The number of nitrogens with zero attached hydrogens (tertiary/aromatic N) is 2. The first kappa shape index (κ1) is 18.0. The minimum Gasteiger partial charge on any atom is -0.372 e. The SMILES string of the molecule is CN(Cc1ccccc1)C(=O)CC(=O)Nc1ccc(N2CCCC2)cc1. The summed E-state index contributed by atoms with van der Waals surface area (Å²) in [7, 11) is 1.72. The lowest BCUT2D eigenvalue weighted by Gasteiger charge is -2.18. The maximum Gasteiger partial charge on any atom is 0.233 e. The molecule has 1 saturated heterocycles. The van der Waals surface area contributed by atoms with E-state index in [1.54, 1.807) is 11.9 Å². The highest BCUT2D eigenvalue weighted by atomic mass is 16.2. The first-order valence-corrected chi connectivity index (χ1v) is 9.04. The fourth-order valence-electron chi connectivity index (χ4n) is 3.15. The zero-order valence-electron chi connectivity index (χ0n) is 15.1. The molecule has 0 aromatic heterocycles. The van der Waals surface area contributed by atoms with Crippen LogP contribution in [0.25, 0.3) is 0 Å². The van der Waals surface area contributed by atoms with Crippen LogP contribution in [0.5, 0.6) is 0 Å². The Morgan fingerprint density at radius 1 is 1.00 bits per heavy atom. The second kappa shape index (κ2) is 8.52. The van der Waals surface area contributed by atoms with Crippen LogP contribution in [0.2, 0.25) is 0 Å². The molecule has 1 fully saturated rings. The van der Waals surface area contributed by atoms with E-state index in [0.717, 1.165) is 24.3 Å².